The number of likely N-dealkylation sites (tertiary alicyclic amines) is 1. The van der Waals surface area contributed by atoms with Gasteiger partial charge < -0.3 is 14.5 Å². The minimum atomic E-state index is 0.137. The molecule has 2 aromatic rings. The first-order valence-electron chi connectivity index (χ1n) is 11.1. The van der Waals surface area contributed by atoms with Gasteiger partial charge in [-0.25, -0.2) is 0 Å². The highest BCUT2D eigenvalue weighted by molar-refractivity contribution is 5.95. The molecule has 0 spiro atoms. The van der Waals surface area contributed by atoms with Crippen LogP contribution in [0.5, 0.6) is 5.75 Å². The highest BCUT2D eigenvalue weighted by Gasteiger charge is 2.27. The topological polar surface area (TPSA) is 32.8 Å². The fraction of sp³-hybridized carbons (Fsp3) is 0.480. The van der Waals surface area contributed by atoms with E-state index in [9.17, 15) is 4.79 Å². The van der Waals surface area contributed by atoms with Gasteiger partial charge in [-0.05, 0) is 74.1 Å². The van der Waals surface area contributed by atoms with Gasteiger partial charge in [0.15, 0.2) is 0 Å². The molecule has 29 heavy (non-hydrogen) atoms. The molecule has 0 unspecified atom stereocenters. The summed E-state index contributed by atoms with van der Waals surface area (Å²) < 4.78 is 5.30. The summed E-state index contributed by atoms with van der Waals surface area (Å²) in [5.74, 6) is 1.01. The van der Waals surface area contributed by atoms with Crippen LogP contribution in [-0.2, 0) is 0 Å². The van der Waals surface area contributed by atoms with Crippen molar-refractivity contribution in [1.82, 2.24) is 4.90 Å². The highest BCUT2D eigenvalue weighted by atomic mass is 16.5. The van der Waals surface area contributed by atoms with Crippen LogP contribution in [0.2, 0.25) is 0 Å². The molecule has 0 aliphatic carbocycles. The minimum Gasteiger partial charge on any atom is -0.497 e. The molecule has 0 bridgehead atoms. The second kappa shape index (κ2) is 9.34. The zero-order valence-electron chi connectivity index (χ0n) is 17.5. The molecule has 0 radical (unpaired) electrons. The van der Waals surface area contributed by atoms with Crippen molar-refractivity contribution in [2.75, 3.05) is 31.6 Å². The Morgan fingerprint density at radius 3 is 2.17 bits per heavy atom. The number of carbonyl (C=O) groups is 1. The van der Waals surface area contributed by atoms with Crippen LogP contribution < -0.4 is 9.64 Å². The lowest BCUT2D eigenvalue weighted by atomic mass is 9.99. The van der Waals surface area contributed by atoms with E-state index >= 15 is 0 Å². The molecule has 2 saturated heterocycles. The summed E-state index contributed by atoms with van der Waals surface area (Å²) in [6.07, 6.45) is 8.29. The quantitative estimate of drug-likeness (QED) is 0.694. The summed E-state index contributed by atoms with van der Waals surface area (Å²) in [7, 11) is 1.68. The summed E-state index contributed by atoms with van der Waals surface area (Å²) in [5, 5.41) is 0. The van der Waals surface area contributed by atoms with Gasteiger partial charge in [0, 0.05) is 30.9 Å². The first kappa shape index (κ1) is 19.8. The van der Waals surface area contributed by atoms with Crippen LogP contribution in [0.25, 0.3) is 0 Å². The van der Waals surface area contributed by atoms with E-state index in [0.717, 1.165) is 50.2 Å². The third-order valence-corrected chi connectivity index (χ3v) is 6.35. The van der Waals surface area contributed by atoms with Crippen molar-refractivity contribution >= 4 is 11.6 Å². The Hall–Kier alpha value is -2.49. The summed E-state index contributed by atoms with van der Waals surface area (Å²) in [6.45, 7) is 3.07. The lowest BCUT2D eigenvalue weighted by Gasteiger charge is -2.31. The molecular formula is C25H32N2O2. The molecular weight excluding hydrogens is 360 g/mol. The molecule has 2 aliphatic rings. The predicted octanol–water partition coefficient (Wildman–Crippen LogP) is 5.44. The van der Waals surface area contributed by atoms with Crippen LogP contribution in [0.3, 0.4) is 0 Å². The van der Waals surface area contributed by atoms with E-state index in [1.807, 2.05) is 24.3 Å². The number of benzene rings is 2. The fourth-order valence-electron chi connectivity index (χ4n) is 4.66. The van der Waals surface area contributed by atoms with Gasteiger partial charge in [-0.1, -0.05) is 25.0 Å². The molecule has 4 heteroatoms. The third kappa shape index (κ3) is 4.58. The molecule has 2 heterocycles. The average molecular weight is 393 g/mol. The van der Waals surface area contributed by atoms with Gasteiger partial charge in [0.1, 0.15) is 5.75 Å². The van der Waals surface area contributed by atoms with Crippen LogP contribution in [-0.4, -0.2) is 37.6 Å². The zero-order chi connectivity index (χ0) is 20.1. The number of hydrogen-bond donors (Lipinski definition) is 0. The van der Waals surface area contributed by atoms with E-state index in [2.05, 4.69) is 34.1 Å². The fourth-order valence-corrected chi connectivity index (χ4v) is 4.66. The second-order valence-electron chi connectivity index (χ2n) is 8.23. The number of methoxy groups -OCH3 is 1. The van der Waals surface area contributed by atoms with Gasteiger partial charge in [-0.15, -0.1) is 0 Å². The molecule has 4 nitrogen and oxygen atoms in total. The zero-order valence-corrected chi connectivity index (χ0v) is 17.5. The van der Waals surface area contributed by atoms with E-state index in [1.54, 1.807) is 7.11 Å². The number of rotatable bonds is 4. The van der Waals surface area contributed by atoms with Gasteiger partial charge in [0.2, 0.25) is 0 Å². The van der Waals surface area contributed by atoms with Crippen molar-refractivity contribution < 1.29 is 9.53 Å². The second-order valence-corrected chi connectivity index (χ2v) is 8.23. The number of amides is 1. The smallest absolute Gasteiger partial charge is 0.254 e. The lowest BCUT2D eigenvalue weighted by molar-refractivity contribution is 0.0681. The summed E-state index contributed by atoms with van der Waals surface area (Å²) in [4.78, 5) is 18.0. The summed E-state index contributed by atoms with van der Waals surface area (Å²) >= 11 is 0. The van der Waals surface area contributed by atoms with Crippen molar-refractivity contribution in [3.8, 4) is 5.75 Å². The van der Waals surface area contributed by atoms with E-state index in [0.29, 0.717) is 0 Å². The Morgan fingerprint density at radius 1 is 0.828 bits per heavy atom. The van der Waals surface area contributed by atoms with Crippen LogP contribution >= 0.6 is 0 Å². The first-order chi connectivity index (χ1) is 14.3. The summed E-state index contributed by atoms with van der Waals surface area (Å²) in [6, 6.07) is 16.6. The SMILES string of the molecule is COc1ccc([C@H]2CCCCCN2C(=O)c2ccc(N3CCCCC3)cc2)cc1. The van der Waals surface area contributed by atoms with Gasteiger partial charge in [-0.3, -0.25) is 4.79 Å². The van der Waals surface area contributed by atoms with E-state index in [1.165, 1.54) is 36.9 Å². The maximum absolute atomic E-state index is 13.4. The highest BCUT2D eigenvalue weighted by Crippen LogP contribution is 2.32. The van der Waals surface area contributed by atoms with Crippen LogP contribution in [0.1, 0.15) is 66.9 Å². The standard InChI is InChI=1S/C25H32N2O2/c1-29-23-15-11-20(12-16-23)24-8-4-2-7-19-27(24)25(28)21-9-13-22(14-10-21)26-17-5-3-6-18-26/h9-16,24H,2-8,17-19H2,1H3/t24-/m1/s1. The molecule has 2 aliphatic heterocycles. The van der Waals surface area contributed by atoms with Gasteiger partial charge >= 0.3 is 0 Å². The van der Waals surface area contributed by atoms with Gasteiger partial charge in [-0.2, -0.15) is 0 Å². The molecule has 0 saturated carbocycles. The molecule has 2 aromatic carbocycles. The van der Waals surface area contributed by atoms with Crippen molar-refractivity contribution in [3.05, 3.63) is 59.7 Å². The number of nitrogens with zero attached hydrogens (tertiary/aromatic N) is 2. The predicted molar refractivity (Wildman–Crippen MR) is 118 cm³/mol. The van der Waals surface area contributed by atoms with E-state index < -0.39 is 0 Å². The molecule has 2 fully saturated rings. The minimum absolute atomic E-state index is 0.137. The average Bonchev–Trinajstić information content (AvgIpc) is 3.05. The maximum atomic E-state index is 13.4. The maximum Gasteiger partial charge on any atom is 0.254 e. The molecule has 1 amide bonds. The van der Waals surface area contributed by atoms with Crippen LogP contribution in [0, 0.1) is 0 Å². The van der Waals surface area contributed by atoms with Crippen molar-refractivity contribution in [3.63, 3.8) is 0 Å². The van der Waals surface area contributed by atoms with Crippen molar-refractivity contribution in [2.24, 2.45) is 0 Å². The van der Waals surface area contributed by atoms with E-state index in [-0.39, 0.29) is 11.9 Å². The molecule has 4 rings (SSSR count). The number of hydrogen-bond acceptors (Lipinski definition) is 3. The van der Waals surface area contributed by atoms with Crippen LogP contribution in [0.15, 0.2) is 48.5 Å². The monoisotopic (exact) mass is 392 g/mol. The third-order valence-electron chi connectivity index (χ3n) is 6.35. The molecule has 0 N–H and O–H groups in total. The van der Waals surface area contributed by atoms with Crippen molar-refractivity contribution in [2.45, 2.75) is 51.0 Å². The summed E-state index contributed by atoms with van der Waals surface area (Å²) in [5.41, 5.74) is 3.24. The normalized spacial score (nSPS) is 20.2. The molecule has 0 aromatic heterocycles. The molecule has 1 atom stereocenters. The Bertz CT molecular complexity index is 795. The lowest BCUT2D eigenvalue weighted by Crippen LogP contribution is -2.35. The largest absolute Gasteiger partial charge is 0.497 e. The van der Waals surface area contributed by atoms with Gasteiger partial charge in [0.25, 0.3) is 5.91 Å². The Morgan fingerprint density at radius 2 is 1.48 bits per heavy atom. The van der Waals surface area contributed by atoms with E-state index in [4.69, 9.17) is 4.74 Å². The first-order valence-corrected chi connectivity index (χ1v) is 11.1. The Balaban J connectivity index is 1.53. The Kier molecular flexibility index (Phi) is 6.38. The number of carbonyl (C=O) groups excluding carboxylic acids is 1. The molecule has 154 valence electrons. The number of ether oxygens (including phenoxy) is 1. The Labute approximate surface area is 174 Å². The van der Waals surface area contributed by atoms with Gasteiger partial charge in [0.05, 0.1) is 13.2 Å². The number of anilines is 1. The number of piperidine rings is 1. The van der Waals surface area contributed by atoms with Crippen LogP contribution in [0.4, 0.5) is 5.69 Å². The van der Waals surface area contributed by atoms with Crippen molar-refractivity contribution in [1.29, 1.82) is 0 Å².